The second-order valence-corrected chi connectivity index (χ2v) is 9.07. The third-order valence-corrected chi connectivity index (χ3v) is 6.18. The fraction of sp³-hybridized carbons (Fsp3) is 0.353. The van der Waals surface area contributed by atoms with Crippen LogP contribution in [0.3, 0.4) is 0 Å². The van der Waals surface area contributed by atoms with Crippen LogP contribution in [0.5, 0.6) is 5.75 Å². The molecule has 3 atom stereocenters. The Morgan fingerprint density at radius 1 is 1.41 bits per heavy atom. The van der Waals surface area contributed by atoms with Gasteiger partial charge in [-0.1, -0.05) is 11.8 Å². The Hall–Kier alpha value is -2.56. The molecule has 3 heterocycles. The molecular formula is C17H19FN6O6S2. The second-order valence-electron chi connectivity index (χ2n) is 6.82. The highest BCUT2D eigenvalue weighted by molar-refractivity contribution is 7.99. The van der Waals surface area contributed by atoms with Crippen LogP contribution >= 0.6 is 11.8 Å². The van der Waals surface area contributed by atoms with Gasteiger partial charge in [-0.25, -0.2) is 24.2 Å². The SMILES string of the molecule is COc1ccc(F)c(Sc2nn([C@H]3C[C@H](O)[C@@H](COS(N)(=O)=O)O3)c3ncnc(N)c23)c1. The molecule has 0 radical (unpaired) electrons. The van der Waals surface area contributed by atoms with Crippen LogP contribution in [0.4, 0.5) is 10.2 Å². The number of hydrogen-bond donors (Lipinski definition) is 3. The second kappa shape index (κ2) is 8.76. The number of benzene rings is 1. The number of aliphatic hydroxyl groups excluding tert-OH is 1. The number of hydrogen-bond acceptors (Lipinski definition) is 11. The fourth-order valence-electron chi connectivity index (χ4n) is 3.20. The van der Waals surface area contributed by atoms with Crippen molar-refractivity contribution in [2.75, 3.05) is 19.5 Å². The van der Waals surface area contributed by atoms with E-state index in [1.165, 1.54) is 36.3 Å². The summed E-state index contributed by atoms with van der Waals surface area (Å²) < 4.78 is 53.2. The molecule has 1 aliphatic rings. The van der Waals surface area contributed by atoms with E-state index < -0.39 is 41.2 Å². The van der Waals surface area contributed by atoms with Gasteiger partial charge in [0.25, 0.3) is 0 Å². The quantitative estimate of drug-likeness (QED) is 0.425. The lowest BCUT2D eigenvalue weighted by molar-refractivity contribution is -0.0415. The van der Waals surface area contributed by atoms with Crippen LogP contribution in [-0.2, 0) is 19.2 Å². The van der Waals surface area contributed by atoms with E-state index in [0.717, 1.165) is 11.8 Å². The summed E-state index contributed by atoms with van der Waals surface area (Å²) in [6, 6.07) is 4.28. The molecule has 0 bridgehead atoms. The topological polar surface area (TPSA) is 178 Å². The van der Waals surface area contributed by atoms with Crippen LogP contribution in [0.2, 0.25) is 0 Å². The average molecular weight is 487 g/mol. The number of rotatable bonds is 7. The van der Waals surface area contributed by atoms with E-state index in [4.69, 9.17) is 20.3 Å². The van der Waals surface area contributed by atoms with Gasteiger partial charge in [0.2, 0.25) is 0 Å². The molecule has 15 heteroatoms. The normalized spacial score (nSPS) is 21.3. The zero-order valence-corrected chi connectivity index (χ0v) is 18.2. The Balaban J connectivity index is 1.68. The third kappa shape index (κ3) is 4.62. The molecule has 172 valence electrons. The van der Waals surface area contributed by atoms with Gasteiger partial charge in [-0.3, -0.25) is 4.18 Å². The van der Waals surface area contributed by atoms with Crippen molar-refractivity contribution >= 4 is 38.9 Å². The van der Waals surface area contributed by atoms with Crippen LogP contribution in [0.1, 0.15) is 12.6 Å². The van der Waals surface area contributed by atoms with E-state index >= 15 is 0 Å². The minimum atomic E-state index is -4.20. The number of aromatic nitrogens is 4. The number of anilines is 1. The Labute approximate surface area is 185 Å². The maximum Gasteiger partial charge on any atom is 0.333 e. The monoisotopic (exact) mass is 486 g/mol. The van der Waals surface area contributed by atoms with Gasteiger partial charge in [-0.05, 0) is 18.2 Å². The lowest BCUT2D eigenvalue weighted by Gasteiger charge is -2.14. The first-order valence-corrected chi connectivity index (χ1v) is 11.5. The van der Waals surface area contributed by atoms with E-state index in [1.54, 1.807) is 0 Å². The summed E-state index contributed by atoms with van der Waals surface area (Å²) in [7, 11) is -2.73. The number of ether oxygens (including phenoxy) is 2. The van der Waals surface area contributed by atoms with E-state index in [2.05, 4.69) is 19.2 Å². The molecule has 4 rings (SSSR count). The van der Waals surface area contributed by atoms with Gasteiger partial charge in [-0.2, -0.15) is 13.5 Å². The van der Waals surface area contributed by atoms with E-state index in [0.29, 0.717) is 21.8 Å². The largest absolute Gasteiger partial charge is 0.497 e. The molecule has 0 amide bonds. The molecule has 1 aromatic carbocycles. The van der Waals surface area contributed by atoms with Gasteiger partial charge in [0.1, 0.15) is 34.8 Å². The van der Waals surface area contributed by atoms with Gasteiger partial charge in [0.05, 0.1) is 30.1 Å². The predicted octanol–water partition coefficient (Wildman–Crippen LogP) is 0.576. The van der Waals surface area contributed by atoms with Crippen LogP contribution < -0.4 is 15.6 Å². The van der Waals surface area contributed by atoms with Crippen molar-refractivity contribution in [1.29, 1.82) is 0 Å². The highest BCUT2D eigenvalue weighted by Crippen LogP contribution is 2.39. The van der Waals surface area contributed by atoms with E-state index in [1.807, 2.05) is 0 Å². The first-order valence-electron chi connectivity index (χ1n) is 9.17. The maximum absolute atomic E-state index is 14.4. The molecule has 0 spiro atoms. The van der Waals surface area contributed by atoms with Crippen molar-refractivity contribution in [3.8, 4) is 5.75 Å². The molecule has 2 aromatic heterocycles. The number of aliphatic hydroxyl groups is 1. The van der Waals surface area contributed by atoms with Gasteiger partial charge in [0.15, 0.2) is 11.9 Å². The Kier molecular flexibility index (Phi) is 6.19. The molecule has 12 nitrogen and oxygen atoms in total. The molecule has 5 N–H and O–H groups in total. The molecule has 1 aliphatic heterocycles. The number of fused-ring (bicyclic) bond motifs is 1. The van der Waals surface area contributed by atoms with Gasteiger partial charge >= 0.3 is 10.3 Å². The van der Waals surface area contributed by atoms with Crippen molar-refractivity contribution in [1.82, 2.24) is 19.7 Å². The Bertz CT molecular complexity index is 1260. The average Bonchev–Trinajstić information content (AvgIpc) is 3.28. The highest BCUT2D eigenvalue weighted by atomic mass is 32.2. The summed E-state index contributed by atoms with van der Waals surface area (Å²) in [4.78, 5) is 8.43. The lowest BCUT2D eigenvalue weighted by atomic mass is 10.2. The van der Waals surface area contributed by atoms with Crippen molar-refractivity contribution < 1.29 is 31.6 Å². The van der Waals surface area contributed by atoms with Gasteiger partial charge < -0.3 is 20.3 Å². The minimum Gasteiger partial charge on any atom is -0.497 e. The molecule has 0 unspecified atom stereocenters. The molecule has 3 aromatic rings. The van der Waals surface area contributed by atoms with Crippen LogP contribution in [0, 0.1) is 5.82 Å². The van der Waals surface area contributed by atoms with Gasteiger partial charge in [0, 0.05) is 6.42 Å². The number of nitrogen functional groups attached to an aromatic ring is 1. The van der Waals surface area contributed by atoms with Crippen LogP contribution in [0.25, 0.3) is 11.0 Å². The van der Waals surface area contributed by atoms with Crippen LogP contribution in [-0.4, -0.2) is 59.2 Å². The maximum atomic E-state index is 14.4. The summed E-state index contributed by atoms with van der Waals surface area (Å²) >= 11 is 0.997. The number of halogens is 1. The number of nitrogens with zero attached hydrogens (tertiary/aromatic N) is 4. The summed E-state index contributed by atoms with van der Waals surface area (Å²) in [5.41, 5.74) is 6.34. The number of nitrogens with two attached hydrogens (primary N) is 2. The minimum absolute atomic E-state index is 0.0664. The first kappa shape index (κ1) is 22.6. The summed E-state index contributed by atoms with van der Waals surface area (Å²) in [6.45, 7) is -0.469. The molecule has 1 saturated heterocycles. The van der Waals surface area contributed by atoms with Crippen molar-refractivity contribution in [3.63, 3.8) is 0 Å². The Morgan fingerprint density at radius 2 is 2.19 bits per heavy atom. The smallest absolute Gasteiger partial charge is 0.333 e. The van der Waals surface area contributed by atoms with Crippen molar-refractivity contribution in [2.24, 2.45) is 5.14 Å². The third-order valence-electron chi connectivity index (χ3n) is 4.70. The zero-order valence-electron chi connectivity index (χ0n) is 16.6. The van der Waals surface area contributed by atoms with Gasteiger partial charge in [-0.15, -0.1) is 0 Å². The van der Waals surface area contributed by atoms with Crippen molar-refractivity contribution in [3.05, 3.63) is 30.3 Å². The summed E-state index contributed by atoms with van der Waals surface area (Å²) in [5, 5.41) is 20.3. The molecular weight excluding hydrogens is 467 g/mol. The van der Waals surface area contributed by atoms with Crippen molar-refractivity contribution in [2.45, 2.75) is 34.8 Å². The predicted molar refractivity (Wildman–Crippen MR) is 110 cm³/mol. The standard InChI is InChI=1S/C17H19FN6O6S2/c1-28-8-2-3-9(18)12(4-8)31-17-14-15(19)21-7-22-16(14)24(23-17)13-5-10(25)11(30-13)6-29-32(20,26)27/h2-4,7,10-11,13,25H,5-6H2,1H3,(H2,19,21,22)(H2,20,26,27)/t10-,11+,13+/m0/s1. The van der Waals surface area contributed by atoms with E-state index in [9.17, 15) is 17.9 Å². The lowest BCUT2D eigenvalue weighted by Crippen LogP contribution is -2.30. The first-order chi connectivity index (χ1) is 15.2. The number of methoxy groups -OCH3 is 1. The Morgan fingerprint density at radius 3 is 2.91 bits per heavy atom. The molecule has 0 saturated carbocycles. The molecule has 1 fully saturated rings. The summed E-state index contributed by atoms with van der Waals surface area (Å²) in [5.74, 6) is 0.100. The molecule has 32 heavy (non-hydrogen) atoms. The molecule has 0 aliphatic carbocycles. The highest BCUT2D eigenvalue weighted by Gasteiger charge is 2.38. The van der Waals surface area contributed by atoms with E-state index in [-0.39, 0.29) is 17.1 Å². The fourth-order valence-corrected chi connectivity index (χ4v) is 4.50. The van der Waals surface area contributed by atoms with Crippen LogP contribution in [0.15, 0.2) is 34.4 Å². The zero-order chi connectivity index (χ0) is 23.0. The summed E-state index contributed by atoms with van der Waals surface area (Å²) in [6.07, 6.45) is -1.53.